The fraction of sp³-hybridized carbons (Fsp3) is 0.846. The van der Waals surface area contributed by atoms with Crippen LogP contribution in [0.1, 0.15) is 33.1 Å². The van der Waals surface area contributed by atoms with Crippen LogP contribution in [-0.4, -0.2) is 41.1 Å². The predicted octanol–water partition coefficient (Wildman–Crippen LogP) is 1.54. The second-order valence-corrected chi connectivity index (χ2v) is 5.87. The zero-order valence-electron chi connectivity index (χ0n) is 11.1. The summed E-state index contributed by atoms with van der Waals surface area (Å²) < 4.78 is 0. The Bertz CT molecular complexity index is 331. The van der Waals surface area contributed by atoms with Crippen LogP contribution in [0.2, 0.25) is 0 Å². The highest BCUT2D eigenvalue weighted by Crippen LogP contribution is 2.37. The molecule has 1 aliphatic heterocycles. The number of nitrogens with one attached hydrogen (secondary N) is 1. The van der Waals surface area contributed by atoms with Crippen molar-refractivity contribution in [3.8, 4) is 0 Å². The van der Waals surface area contributed by atoms with Crippen molar-refractivity contribution in [2.24, 2.45) is 17.8 Å². The second-order valence-electron chi connectivity index (χ2n) is 5.87. The van der Waals surface area contributed by atoms with Crippen molar-refractivity contribution in [3.05, 3.63) is 0 Å². The molecule has 0 aromatic carbocycles. The number of carboxylic acid groups (broad SMARTS) is 1. The van der Waals surface area contributed by atoms with Crippen LogP contribution in [0.4, 0.5) is 4.79 Å². The Morgan fingerprint density at radius 1 is 1.22 bits per heavy atom. The molecule has 1 saturated carbocycles. The lowest BCUT2D eigenvalue weighted by Gasteiger charge is -2.23. The van der Waals surface area contributed by atoms with Crippen molar-refractivity contribution in [1.29, 1.82) is 0 Å². The summed E-state index contributed by atoms with van der Waals surface area (Å²) in [5.74, 6) is 0.211. The van der Waals surface area contributed by atoms with Crippen molar-refractivity contribution in [2.75, 3.05) is 13.1 Å². The third-order valence-electron chi connectivity index (χ3n) is 4.23. The van der Waals surface area contributed by atoms with Gasteiger partial charge in [0, 0.05) is 13.1 Å². The molecule has 18 heavy (non-hydrogen) atoms. The number of urea groups is 1. The number of carbonyl (C=O) groups is 2. The van der Waals surface area contributed by atoms with Gasteiger partial charge in [0.15, 0.2) is 0 Å². The summed E-state index contributed by atoms with van der Waals surface area (Å²) in [4.78, 5) is 24.9. The van der Waals surface area contributed by atoms with E-state index < -0.39 is 12.0 Å². The maximum absolute atomic E-state index is 12.0. The zero-order chi connectivity index (χ0) is 13.3. The van der Waals surface area contributed by atoms with E-state index in [0.717, 1.165) is 13.1 Å². The molecule has 2 unspecified atom stereocenters. The van der Waals surface area contributed by atoms with E-state index in [1.54, 1.807) is 18.7 Å². The van der Waals surface area contributed by atoms with Crippen LogP contribution in [0, 0.1) is 17.8 Å². The van der Waals surface area contributed by atoms with E-state index in [9.17, 15) is 9.59 Å². The van der Waals surface area contributed by atoms with E-state index >= 15 is 0 Å². The summed E-state index contributed by atoms with van der Waals surface area (Å²) in [6.07, 6.45) is 3.69. The van der Waals surface area contributed by atoms with Crippen LogP contribution in [0.3, 0.4) is 0 Å². The first-order valence-electron chi connectivity index (χ1n) is 6.77. The molecular formula is C13H22N2O3. The number of hydrogen-bond acceptors (Lipinski definition) is 2. The smallest absolute Gasteiger partial charge is 0.326 e. The topological polar surface area (TPSA) is 69.6 Å². The summed E-state index contributed by atoms with van der Waals surface area (Å²) in [6, 6.07) is -1.01. The average Bonchev–Trinajstić information content (AvgIpc) is 2.84. The van der Waals surface area contributed by atoms with Gasteiger partial charge >= 0.3 is 12.0 Å². The highest BCUT2D eigenvalue weighted by atomic mass is 16.4. The van der Waals surface area contributed by atoms with Gasteiger partial charge in [-0.05, 0) is 30.6 Å². The first-order valence-corrected chi connectivity index (χ1v) is 6.77. The Hall–Kier alpha value is -1.26. The molecule has 2 aliphatic rings. The minimum Gasteiger partial charge on any atom is -0.480 e. The summed E-state index contributed by atoms with van der Waals surface area (Å²) in [5.41, 5.74) is 0. The predicted molar refractivity (Wildman–Crippen MR) is 67.2 cm³/mol. The highest BCUT2D eigenvalue weighted by Gasteiger charge is 2.38. The van der Waals surface area contributed by atoms with Crippen LogP contribution in [-0.2, 0) is 4.79 Å². The number of fused-ring (bicyclic) bond motifs is 1. The first kappa shape index (κ1) is 13.2. The molecule has 102 valence electrons. The molecule has 2 fully saturated rings. The number of carboxylic acids is 1. The summed E-state index contributed by atoms with van der Waals surface area (Å²) >= 11 is 0. The van der Waals surface area contributed by atoms with Crippen molar-refractivity contribution in [1.82, 2.24) is 10.2 Å². The molecule has 0 radical (unpaired) electrons. The number of rotatable bonds is 3. The van der Waals surface area contributed by atoms with Crippen molar-refractivity contribution >= 4 is 12.0 Å². The SMILES string of the molecule is CC(C)[C@H](NC(=O)N1CC2CCCC2C1)C(=O)O. The van der Waals surface area contributed by atoms with E-state index in [2.05, 4.69) is 5.32 Å². The van der Waals surface area contributed by atoms with Crippen LogP contribution in [0.15, 0.2) is 0 Å². The molecule has 0 aromatic heterocycles. The molecule has 2 N–H and O–H groups in total. The fourth-order valence-electron chi connectivity index (χ4n) is 3.14. The number of nitrogens with zero attached hydrogens (tertiary/aromatic N) is 1. The van der Waals surface area contributed by atoms with Gasteiger partial charge in [0.1, 0.15) is 6.04 Å². The number of carbonyl (C=O) groups excluding carboxylic acids is 1. The third kappa shape index (κ3) is 2.60. The molecule has 1 aliphatic carbocycles. The van der Waals surface area contributed by atoms with Crippen molar-refractivity contribution in [3.63, 3.8) is 0 Å². The lowest BCUT2D eigenvalue weighted by atomic mass is 10.0. The maximum atomic E-state index is 12.0. The van der Waals surface area contributed by atoms with Crippen LogP contribution < -0.4 is 5.32 Å². The molecule has 2 amide bonds. The highest BCUT2D eigenvalue weighted by molar-refractivity contribution is 5.82. The van der Waals surface area contributed by atoms with Gasteiger partial charge in [-0.15, -0.1) is 0 Å². The third-order valence-corrected chi connectivity index (χ3v) is 4.23. The molecule has 1 heterocycles. The summed E-state index contributed by atoms with van der Waals surface area (Å²) in [7, 11) is 0. The Kier molecular flexibility index (Phi) is 3.78. The molecular weight excluding hydrogens is 232 g/mol. The standard InChI is InChI=1S/C13H22N2O3/c1-8(2)11(12(16)17)14-13(18)15-6-9-4-3-5-10(9)7-15/h8-11H,3-7H2,1-2H3,(H,14,18)(H,16,17)/t9?,10?,11-/m0/s1. The number of amides is 2. The van der Waals surface area contributed by atoms with Crippen LogP contribution in [0.25, 0.3) is 0 Å². The van der Waals surface area contributed by atoms with Crippen LogP contribution >= 0.6 is 0 Å². The molecule has 5 heteroatoms. The lowest BCUT2D eigenvalue weighted by molar-refractivity contribution is -0.140. The molecule has 0 aromatic rings. The van der Waals surface area contributed by atoms with E-state index in [0.29, 0.717) is 11.8 Å². The number of aliphatic carboxylic acids is 1. The lowest BCUT2D eigenvalue weighted by Crippen LogP contribution is -2.49. The molecule has 3 atom stereocenters. The molecule has 5 nitrogen and oxygen atoms in total. The monoisotopic (exact) mass is 254 g/mol. The fourth-order valence-corrected chi connectivity index (χ4v) is 3.14. The normalized spacial score (nSPS) is 28.3. The Morgan fingerprint density at radius 2 is 1.78 bits per heavy atom. The molecule has 0 spiro atoms. The van der Waals surface area contributed by atoms with E-state index in [1.165, 1.54) is 19.3 Å². The first-order chi connectivity index (χ1) is 8.49. The minimum absolute atomic E-state index is 0.103. The van der Waals surface area contributed by atoms with E-state index in [1.807, 2.05) is 0 Å². The summed E-state index contributed by atoms with van der Waals surface area (Å²) in [5, 5.41) is 11.7. The zero-order valence-corrected chi connectivity index (χ0v) is 11.1. The largest absolute Gasteiger partial charge is 0.480 e. The van der Waals surface area contributed by atoms with Crippen molar-refractivity contribution in [2.45, 2.75) is 39.2 Å². The summed E-state index contributed by atoms with van der Waals surface area (Å²) in [6.45, 7) is 5.19. The van der Waals surface area contributed by atoms with Gasteiger partial charge in [-0.3, -0.25) is 0 Å². The molecule has 2 rings (SSSR count). The Balaban J connectivity index is 1.90. The van der Waals surface area contributed by atoms with Crippen LogP contribution in [0.5, 0.6) is 0 Å². The van der Waals surface area contributed by atoms with E-state index in [4.69, 9.17) is 5.11 Å². The Labute approximate surface area is 108 Å². The molecule has 0 bridgehead atoms. The van der Waals surface area contributed by atoms with Gasteiger partial charge < -0.3 is 15.3 Å². The maximum Gasteiger partial charge on any atom is 0.326 e. The quantitative estimate of drug-likeness (QED) is 0.802. The van der Waals surface area contributed by atoms with Gasteiger partial charge in [-0.1, -0.05) is 20.3 Å². The van der Waals surface area contributed by atoms with Gasteiger partial charge in [0.2, 0.25) is 0 Å². The number of hydrogen-bond donors (Lipinski definition) is 2. The van der Waals surface area contributed by atoms with Gasteiger partial charge in [0.05, 0.1) is 0 Å². The van der Waals surface area contributed by atoms with Gasteiger partial charge in [0.25, 0.3) is 0 Å². The van der Waals surface area contributed by atoms with Gasteiger partial charge in [-0.25, -0.2) is 9.59 Å². The minimum atomic E-state index is -0.960. The average molecular weight is 254 g/mol. The molecule has 1 saturated heterocycles. The van der Waals surface area contributed by atoms with E-state index in [-0.39, 0.29) is 11.9 Å². The van der Waals surface area contributed by atoms with Gasteiger partial charge in [-0.2, -0.15) is 0 Å². The van der Waals surface area contributed by atoms with Crippen molar-refractivity contribution < 1.29 is 14.7 Å². The second kappa shape index (κ2) is 5.16. The Morgan fingerprint density at radius 3 is 2.22 bits per heavy atom. The number of likely N-dealkylation sites (tertiary alicyclic amines) is 1.